The highest BCUT2D eigenvalue weighted by Crippen LogP contribution is 2.31. The van der Waals surface area contributed by atoms with E-state index in [0.29, 0.717) is 10.7 Å². The lowest BCUT2D eigenvalue weighted by molar-refractivity contribution is 0.102. The zero-order valence-corrected chi connectivity index (χ0v) is 19.5. The number of carbonyl (C=O) groups excluding carboxylic acids is 1. The number of hydrogen-bond acceptors (Lipinski definition) is 6. The minimum Gasteiger partial charge on any atom is -0.371 e. The van der Waals surface area contributed by atoms with Crippen molar-refractivity contribution in [1.29, 1.82) is 0 Å². The first-order chi connectivity index (χ1) is 14.8. The number of aryl methyl sites for hydroxylation is 1. The summed E-state index contributed by atoms with van der Waals surface area (Å²) in [5.41, 5.74) is 3.01. The molecular formula is C22H26N4O3S2. The van der Waals surface area contributed by atoms with Gasteiger partial charge in [-0.1, -0.05) is 23.5 Å². The number of amides is 1. The normalized spacial score (nSPS) is 14.9. The van der Waals surface area contributed by atoms with Crippen molar-refractivity contribution < 1.29 is 13.2 Å². The minimum atomic E-state index is -3.66. The number of piperidine rings is 1. The van der Waals surface area contributed by atoms with E-state index in [1.807, 2.05) is 25.1 Å². The van der Waals surface area contributed by atoms with Crippen molar-refractivity contribution in [2.75, 3.05) is 37.4 Å². The maximum atomic E-state index is 13.3. The van der Waals surface area contributed by atoms with Crippen molar-refractivity contribution in [3.8, 4) is 0 Å². The summed E-state index contributed by atoms with van der Waals surface area (Å²) in [4.78, 5) is 20.1. The molecule has 9 heteroatoms. The maximum absolute atomic E-state index is 13.3. The van der Waals surface area contributed by atoms with Gasteiger partial charge in [-0.2, -0.15) is 0 Å². The Bertz CT molecular complexity index is 1230. The molecule has 2 aromatic carbocycles. The van der Waals surface area contributed by atoms with Crippen LogP contribution in [0.2, 0.25) is 0 Å². The van der Waals surface area contributed by atoms with Gasteiger partial charge in [0.25, 0.3) is 5.91 Å². The predicted octanol–water partition coefficient (Wildman–Crippen LogP) is 4.10. The molecule has 164 valence electrons. The molecule has 1 aromatic heterocycles. The molecule has 0 atom stereocenters. The van der Waals surface area contributed by atoms with Gasteiger partial charge in [0, 0.05) is 32.9 Å². The highest BCUT2D eigenvalue weighted by molar-refractivity contribution is 7.89. The molecule has 1 fully saturated rings. The molecule has 0 bridgehead atoms. The topological polar surface area (TPSA) is 82.6 Å². The summed E-state index contributed by atoms with van der Waals surface area (Å²) >= 11 is 1.41. The van der Waals surface area contributed by atoms with Crippen molar-refractivity contribution in [1.82, 2.24) is 9.29 Å². The molecule has 1 aliphatic heterocycles. The van der Waals surface area contributed by atoms with Crippen LogP contribution < -0.4 is 10.2 Å². The van der Waals surface area contributed by atoms with Crippen LogP contribution in [0.25, 0.3) is 10.2 Å². The quantitative estimate of drug-likeness (QED) is 0.623. The van der Waals surface area contributed by atoms with Crippen LogP contribution >= 0.6 is 11.3 Å². The van der Waals surface area contributed by atoms with Gasteiger partial charge in [-0.25, -0.2) is 17.7 Å². The van der Waals surface area contributed by atoms with Crippen molar-refractivity contribution in [2.24, 2.45) is 0 Å². The lowest BCUT2D eigenvalue weighted by atomic mass is 10.1. The Hall–Kier alpha value is -2.49. The average Bonchev–Trinajstić information content (AvgIpc) is 3.17. The fraction of sp³-hybridized carbons (Fsp3) is 0.364. The molecule has 2 heterocycles. The fourth-order valence-corrected chi connectivity index (χ4v) is 5.65. The molecule has 7 nitrogen and oxygen atoms in total. The van der Waals surface area contributed by atoms with Crippen LogP contribution in [0.4, 0.5) is 10.8 Å². The molecule has 0 saturated carbocycles. The van der Waals surface area contributed by atoms with E-state index in [0.717, 1.165) is 58.1 Å². The van der Waals surface area contributed by atoms with E-state index in [1.165, 1.54) is 31.5 Å². The predicted molar refractivity (Wildman–Crippen MR) is 126 cm³/mol. The third kappa shape index (κ3) is 4.30. The van der Waals surface area contributed by atoms with Crippen LogP contribution in [0.1, 0.15) is 35.2 Å². The zero-order valence-electron chi connectivity index (χ0n) is 17.9. The molecule has 4 rings (SSSR count). The number of para-hydroxylation sites is 1. The average molecular weight is 459 g/mol. The van der Waals surface area contributed by atoms with Crippen LogP contribution in [0.5, 0.6) is 0 Å². The second-order valence-electron chi connectivity index (χ2n) is 7.91. The van der Waals surface area contributed by atoms with Gasteiger partial charge in [0.2, 0.25) is 10.0 Å². The molecule has 1 saturated heterocycles. The molecule has 1 N–H and O–H groups in total. The number of hydrogen-bond donors (Lipinski definition) is 1. The van der Waals surface area contributed by atoms with E-state index in [-0.39, 0.29) is 10.8 Å². The van der Waals surface area contributed by atoms with E-state index < -0.39 is 10.0 Å². The number of sulfonamides is 1. The lowest BCUT2D eigenvalue weighted by Gasteiger charge is -2.30. The summed E-state index contributed by atoms with van der Waals surface area (Å²) in [6.45, 7) is 3.68. The molecule has 0 spiro atoms. The van der Waals surface area contributed by atoms with E-state index in [1.54, 1.807) is 12.1 Å². The molecule has 31 heavy (non-hydrogen) atoms. The first-order valence-corrected chi connectivity index (χ1v) is 12.5. The Morgan fingerprint density at radius 3 is 2.55 bits per heavy atom. The summed E-state index contributed by atoms with van der Waals surface area (Å²) in [6.07, 6.45) is 3.27. The van der Waals surface area contributed by atoms with Gasteiger partial charge in [-0.15, -0.1) is 0 Å². The summed E-state index contributed by atoms with van der Waals surface area (Å²) in [5, 5.41) is 3.40. The van der Waals surface area contributed by atoms with Crippen LogP contribution in [-0.2, 0) is 10.0 Å². The monoisotopic (exact) mass is 458 g/mol. The number of fused-ring (bicyclic) bond motifs is 1. The van der Waals surface area contributed by atoms with E-state index >= 15 is 0 Å². The third-order valence-electron chi connectivity index (χ3n) is 5.53. The highest BCUT2D eigenvalue weighted by atomic mass is 32.2. The molecule has 0 radical (unpaired) electrons. The van der Waals surface area contributed by atoms with Crippen molar-refractivity contribution in [3.63, 3.8) is 0 Å². The second kappa shape index (κ2) is 8.57. The molecule has 3 aromatic rings. The number of anilines is 2. The summed E-state index contributed by atoms with van der Waals surface area (Å²) < 4.78 is 27.5. The van der Waals surface area contributed by atoms with Crippen molar-refractivity contribution in [2.45, 2.75) is 31.1 Å². The Morgan fingerprint density at radius 1 is 1.13 bits per heavy atom. The maximum Gasteiger partial charge on any atom is 0.259 e. The molecule has 0 aliphatic carbocycles. The number of rotatable bonds is 5. The van der Waals surface area contributed by atoms with E-state index in [2.05, 4.69) is 15.2 Å². The van der Waals surface area contributed by atoms with Crippen LogP contribution in [0, 0.1) is 6.92 Å². The van der Waals surface area contributed by atoms with Crippen molar-refractivity contribution >= 4 is 48.3 Å². The number of benzene rings is 2. The van der Waals surface area contributed by atoms with E-state index in [4.69, 9.17) is 0 Å². The molecule has 0 unspecified atom stereocenters. The third-order valence-corrected chi connectivity index (χ3v) is 8.28. The highest BCUT2D eigenvalue weighted by Gasteiger charge is 2.24. The smallest absolute Gasteiger partial charge is 0.259 e. The van der Waals surface area contributed by atoms with E-state index in [9.17, 15) is 13.2 Å². The summed E-state index contributed by atoms with van der Waals surface area (Å²) in [6, 6.07) is 10.7. The first kappa shape index (κ1) is 21.7. The van der Waals surface area contributed by atoms with Crippen molar-refractivity contribution in [3.05, 3.63) is 47.5 Å². The molecule has 1 amide bonds. The van der Waals surface area contributed by atoms with Crippen LogP contribution in [0.15, 0.2) is 41.3 Å². The van der Waals surface area contributed by atoms with Gasteiger partial charge in [0.15, 0.2) is 5.13 Å². The van der Waals surface area contributed by atoms with Gasteiger partial charge >= 0.3 is 0 Å². The zero-order chi connectivity index (χ0) is 22.2. The Kier molecular flexibility index (Phi) is 6.00. The molecule has 1 aliphatic rings. The van der Waals surface area contributed by atoms with Gasteiger partial charge in [-0.3, -0.25) is 10.1 Å². The summed E-state index contributed by atoms with van der Waals surface area (Å²) in [5.74, 6) is -0.354. The van der Waals surface area contributed by atoms with Gasteiger partial charge in [-0.05, 0) is 56.0 Å². The van der Waals surface area contributed by atoms with Gasteiger partial charge in [0.05, 0.1) is 20.7 Å². The van der Waals surface area contributed by atoms with Crippen LogP contribution in [0.3, 0.4) is 0 Å². The fourth-order valence-electron chi connectivity index (χ4n) is 3.78. The first-order valence-electron chi connectivity index (χ1n) is 10.3. The summed E-state index contributed by atoms with van der Waals surface area (Å²) in [7, 11) is -0.691. The minimum absolute atomic E-state index is 0.101. The van der Waals surface area contributed by atoms with Gasteiger partial charge < -0.3 is 4.90 Å². The Morgan fingerprint density at radius 2 is 1.87 bits per heavy atom. The number of aromatic nitrogens is 1. The van der Waals surface area contributed by atoms with Gasteiger partial charge in [0.1, 0.15) is 0 Å². The Balaban J connectivity index is 1.73. The Labute approximate surface area is 186 Å². The van der Waals surface area contributed by atoms with Crippen LogP contribution in [-0.4, -0.2) is 50.8 Å². The number of nitrogens with zero attached hydrogens (tertiary/aromatic N) is 3. The second-order valence-corrected chi connectivity index (χ2v) is 11.1. The standard InChI is InChI=1S/C22H26N4O3S2/c1-15-8-7-9-19-20(15)23-22(30-19)24-21(27)17-14-16(31(28,29)25(2)3)10-11-18(17)26-12-5-4-6-13-26/h7-11,14H,4-6,12-13H2,1-3H3,(H,23,24,27). The number of thiazole rings is 1. The molecular weight excluding hydrogens is 432 g/mol. The number of carbonyl (C=O) groups is 1. The lowest BCUT2D eigenvalue weighted by Crippen LogP contribution is -2.32. The SMILES string of the molecule is Cc1cccc2sc(NC(=O)c3cc(S(=O)(=O)N(C)C)ccc3N3CCCCC3)nc12. The largest absolute Gasteiger partial charge is 0.371 e. The number of nitrogens with one attached hydrogen (secondary N) is 1.